The molecule has 0 saturated carbocycles. The van der Waals surface area contributed by atoms with E-state index in [0.29, 0.717) is 0 Å². The minimum Gasteiger partial charge on any atom is -0.166 e. The standard InChI is InChI=1S/C15H15F3Si/c1-19(2,13-8-4-3-5-9-13)14-10-6-7-12(11-14)15(16,17)18/h3-11H,1-2H3. The van der Waals surface area contributed by atoms with Crippen molar-refractivity contribution in [2.45, 2.75) is 19.3 Å². The summed E-state index contributed by atoms with van der Waals surface area (Å²) in [7, 11) is -2.07. The molecule has 0 aliphatic carbocycles. The molecule has 0 spiro atoms. The van der Waals surface area contributed by atoms with Gasteiger partial charge in [-0.25, -0.2) is 0 Å². The second-order valence-electron chi connectivity index (χ2n) is 5.07. The Morgan fingerprint density at radius 1 is 0.789 bits per heavy atom. The normalized spacial score (nSPS) is 12.5. The molecule has 0 aliphatic rings. The molecule has 2 aromatic carbocycles. The van der Waals surface area contributed by atoms with Gasteiger partial charge in [0.15, 0.2) is 0 Å². The highest BCUT2D eigenvalue weighted by Gasteiger charge is 2.33. The first-order chi connectivity index (χ1) is 8.82. The van der Waals surface area contributed by atoms with E-state index in [2.05, 4.69) is 13.1 Å². The fourth-order valence-corrected chi connectivity index (χ4v) is 4.49. The molecule has 0 saturated heterocycles. The third kappa shape index (κ3) is 2.89. The summed E-state index contributed by atoms with van der Waals surface area (Å²) in [5.74, 6) is 0. The maximum absolute atomic E-state index is 12.8. The van der Waals surface area contributed by atoms with Crippen molar-refractivity contribution >= 4 is 18.4 Å². The summed E-state index contributed by atoms with van der Waals surface area (Å²) < 4.78 is 38.3. The molecule has 4 heteroatoms. The van der Waals surface area contributed by atoms with E-state index in [-0.39, 0.29) is 0 Å². The van der Waals surface area contributed by atoms with Crippen molar-refractivity contribution < 1.29 is 13.2 Å². The first kappa shape index (κ1) is 13.9. The lowest BCUT2D eigenvalue weighted by Crippen LogP contribution is -2.52. The van der Waals surface area contributed by atoms with Crippen LogP contribution in [0.2, 0.25) is 13.1 Å². The lowest BCUT2D eigenvalue weighted by Gasteiger charge is -2.24. The van der Waals surface area contributed by atoms with Crippen LogP contribution in [0.5, 0.6) is 0 Å². The highest BCUT2D eigenvalue weighted by molar-refractivity contribution is 7.00. The Morgan fingerprint density at radius 2 is 1.37 bits per heavy atom. The Morgan fingerprint density at radius 3 is 1.95 bits per heavy atom. The van der Waals surface area contributed by atoms with Crippen molar-refractivity contribution in [3.05, 3.63) is 60.2 Å². The van der Waals surface area contributed by atoms with Gasteiger partial charge in [0.2, 0.25) is 0 Å². The molecule has 0 nitrogen and oxygen atoms in total. The monoisotopic (exact) mass is 280 g/mol. The van der Waals surface area contributed by atoms with Crippen molar-refractivity contribution in [1.29, 1.82) is 0 Å². The third-order valence-corrected chi connectivity index (χ3v) is 6.94. The molecule has 0 aromatic heterocycles. The van der Waals surface area contributed by atoms with Crippen LogP contribution in [-0.4, -0.2) is 8.07 Å². The van der Waals surface area contributed by atoms with E-state index in [0.717, 1.165) is 16.4 Å². The Balaban J connectivity index is 2.47. The average molecular weight is 280 g/mol. The average Bonchev–Trinajstić information content (AvgIpc) is 2.39. The molecule has 0 aliphatic heterocycles. The van der Waals surface area contributed by atoms with Crippen LogP contribution in [0.4, 0.5) is 13.2 Å². The second-order valence-corrected chi connectivity index (χ2v) is 9.47. The summed E-state index contributed by atoms with van der Waals surface area (Å²) in [6.07, 6.45) is -4.28. The molecule has 0 bridgehead atoms. The van der Waals surface area contributed by atoms with Gasteiger partial charge in [-0.2, -0.15) is 13.2 Å². The molecule has 0 N–H and O–H groups in total. The number of hydrogen-bond donors (Lipinski definition) is 0. The molecule has 0 amide bonds. The van der Waals surface area contributed by atoms with Crippen LogP contribution in [0.25, 0.3) is 0 Å². The molecule has 0 fully saturated rings. The SMILES string of the molecule is C[Si](C)(c1ccccc1)c1cccc(C(F)(F)F)c1. The molecule has 0 heterocycles. The number of halogens is 3. The quantitative estimate of drug-likeness (QED) is 0.738. The van der Waals surface area contributed by atoms with Gasteiger partial charge in [-0.1, -0.05) is 78.1 Å². The van der Waals surface area contributed by atoms with E-state index in [1.54, 1.807) is 6.07 Å². The second kappa shape index (κ2) is 4.85. The minimum atomic E-state index is -4.28. The maximum atomic E-state index is 12.8. The molecule has 0 atom stereocenters. The lowest BCUT2D eigenvalue weighted by molar-refractivity contribution is -0.137. The summed E-state index contributed by atoms with van der Waals surface area (Å²) in [6.45, 7) is 4.13. The molecular weight excluding hydrogens is 265 g/mol. The van der Waals surface area contributed by atoms with E-state index < -0.39 is 19.8 Å². The van der Waals surface area contributed by atoms with Gasteiger partial charge >= 0.3 is 6.18 Å². The van der Waals surface area contributed by atoms with E-state index in [1.165, 1.54) is 12.1 Å². The van der Waals surface area contributed by atoms with Gasteiger partial charge in [0.05, 0.1) is 5.56 Å². The summed E-state index contributed by atoms with van der Waals surface area (Å²) >= 11 is 0. The number of rotatable bonds is 2. The summed E-state index contributed by atoms with van der Waals surface area (Å²) in [4.78, 5) is 0. The van der Waals surface area contributed by atoms with Crippen LogP contribution in [0, 0.1) is 0 Å². The van der Waals surface area contributed by atoms with Gasteiger partial charge in [0.1, 0.15) is 8.07 Å². The van der Waals surface area contributed by atoms with E-state index in [1.807, 2.05) is 30.3 Å². The zero-order valence-electron chi connectivity index (χ0n) is 10.8. The lowest BCUT2D eigenvalue weighted by atomic mass is 10.2. The Kier molecular flexibility index (Phi) is 3.54. The number of benzene rings is 2. The molecule has 0 unspecified atom stereocenters. The fourth-order valence-electron chi connectivity index (χ4n) is 2.11. The summed E-state index contributed by atoms with van der Waals surface area (Å²) in [6, 6.07) is 15.5. The highest BCUT2D eigenvalue weighted by atomic mass is 28.3. The Labute approximate surface area is 111 Å². The third-order valence-electron chi connectivity index (χ3n) is 3.41. The number of alkyl halides is 3. The van der Waals surface area contributed by atoms with Crippen molar-refractivity contribution in [2.24, 2.45) is 0 Å². The highest BCUT2D eigenvalue weighted by Crippen LogP contribution is 2.28. The summed E-state index contributed by atoms with van der Waals surface area (Å²) in [5.41, 5.74) is -0.568. The van der Waals surface area contributed by atoms with E-state index in [4.69, 9.17) is 0 Å². The Bertz CT molecular complexity index is 559. The van der Waals surface area contributed by atoms with Crippen molar-refractivity contribution in [2.75, 3.05) is 0 Å². The van der Waals surface area contributed by atoms with Gasteiger partial charge in [-0.05, 0) is 0 Å². The number of hydrogen-bond acceptors (Lipinski definition) is 0. The zero-order chi connectivity index (χ0) is 14.1. The van der Waals surface area contributed by atoms with Crippen molar-refractivity contribution in [3.8, 4) is 0 Å². The molecule has 19 heavy (non-hydrogen) atoms. The zero-order valence-corrected chi connectivity index (χ0v) is 11.8. The fraction of sp³-hybridized carbons (Fsp3) is 0.200. The predicted octanol–water partition coefficient (Wildman–Crippen LogP) is 3.53. The topological polar surface area (TPSA) is 0 Å². The van der Waals surface area contributed by atoms with Crippen LogP contribution in [0.3, 0.4) is 0 Å². The van der Waals surface area contributed by atoms with Crippen LogP contribution in [0.15, 0.2) is 54.6 Å². The summed E-state index contributed by atoms with van der Waals surface area (Å²) in [5, 5.41) is 1.93. The van der Waals surface area contributed by atoms with Crippen molar-refractivity contribution in [1.82, 2.24) is 0 Å². The van der Waals surface area contributed by atoms with Gasteiger partial charge in [0, 0.05) is 0 Å². The van der Waals surface area contributed by atoms with Gasteiger partial charge in [-0.3, -0.25) is 0 Å². The van der Waals surface area contributed by atoms with Crippen LogP contribution in [-0.2, 0) is 6.18 Å². The molecule has 0 radical (unpaired) electrons. The first-order valence-corrected chi connectivity index (χ1v) is 9.05. The molecule has 2 aromatic rings. The van der Waals surface area contributed by atoms with Gasteiger partial charge in [-0.15, -0.1) is 0 Å². The van der Waals surface area contributed by atoms with Crippen LogP contribution < -0.4 is 10.4 Å². The molecule has 100 valence electrons. The first-order valence-electron chi connectivity index (χ1n) is 6.05. The molecule has 2 rings (SSSR count). The van der Waals surface area contributed by atoms with Gasteiger partial charge < -0.3 is 0 Å². The smallest absolute Gasteiger partial charge is 0.166 e. The van der Waals surface area contributed by atoms with Crippen LogP contribution >= 0.6 is 0 Å². The van der Waals surface area contributed by atoms with Gasteiger partial charge in [0.25, 0.3) is 0 Å². The Hall–Kier alpha value is -1.55. The molecular formula is C15H15F3Si. The van der Waals surface area contributed by atoms with Crippen LogP contribution in [0.1, 0.15) is 5.56 Å². The van der Waals surface area contributed by atoms with E-state index >= 15 is 0 Å². The maximum Gasteiger partial charge on any atom is 0.416 e. The largest absolute Gasteiger partial charge is 0.416 e. The predicted molar refractivity (Wildman–Crippen MR) is 74.6 cm³/mol. The minimum absolute atomic E-state index is 0.568. The van der Waals surface area contributed by atoms with Crippen molar-refractivity contribution in [3.63, 3.8) is 0 Å². The van der Waals surface area contributed by atoms with E-state index in [9.17, 15) is 13.2 Å².